The van der Waals surface area contributed by atoms with Crippen LogP contribution in [0.4, 0.5) is 8.78 Å². The Morgan fingerprint density at radius 1 is 1.27 bits per heavy atom. The summed E-state index contributed by atoms with van der Waals surface area (Å²) in [5.41, 5.74) is 0.576. The van der Waals surface area contributed by atoms with Crippen LogP contribution in [0.25, 0.3) is 0 Å². The second kappa shape index (κ2) is 4.00. The van der Waals surface area contributed by atoms with Crippen molar-refractivity contribution in [2.45, 2.75) is 6.10 Å². The van der Waals surface area contributed by atoms with E-state index in [9.17, 15) is 13.9 Å². The molecule has 3 nitrogen and oxygen atoms in total. The first-order valence-electron chi connectivity index (χ1n) is 4.08. The van der Waals surface area contributed by atoms with Crippen LogP contribution in [-0.2, 0) is 0 Å². The quantitative estimate of drug-likeness (QED) is 0.853. The van der Waals surface area contributed by atoms with Crippen LogP contribution in [0.15, 0.2) is 23.6 Å². The van der Waals surface area contributed by atoms with E-state index >= 15 is 0 Å². The van der Waals surface area contributed by atoms with Gasteiger partial charge in [-0.2, -0.15) is 0 Å². The number of benzene rings is 1. The van der Waals surface area contributed by atoms with E-state index in [0.29, 0.717) is 5.69 Å². The Morgan fingerprint density at radius 2 is 2.07 bits per heavy atom. The van der Waals surface area contributed by atoms with Crippen LogP contribution >= 0.6 is 11.5 Å². The smallest absolute Gasteiger partial charge is 0.159 e. The molecule has 1 atom stereocenters. The lowest BCUT2D eigenvalue weighted by atomic mass is 10.1. The molecule has 0 saturated heterocycles. The fourth-order valence-electron chi connectivity index (χ4n) is 1.14. The molecule has 2 rings (SSSR count). The van der Waals surface area contributed by atoms with Crippen LogP contribution in [0.3, 0.4) is 0 Å². The molecular formula is C9H6F2N2OS. The lowest BCUT2D eigenvalue weighted by molar-refractivity contribution is 0.214. The van der Waals surface area contributed by atoms with Gasteiger partial charge < -0.3 is 5.11 Å². The summed E-state index contributed by atoms with van der Waals surface area (Å²) < 4.78 is 29.1. The molecule has 78 valence electrons. The third kappa shape index (κ3) is 2.00. The Morgan fingerprint density at radius 3 is 2.67 bits per heavy atom. The number of hydrogen-bond acceptors (Lipinski definition) is 4. The van der Waals surface area contributed by atoms with Crippen LogP contribution in [0.2, 0.25) is 0 Å². The molecule has 2 aromatic rings. The Balaban J connectivity index is 2.34. The van der Waals surface area contributed by atoms with Crippen molar-refractivity contribution in [3.63, 3.8) is 0 Å². The van der Waals surface area contributed by atoms with Gasteiger partial charge in [0.1, 0.15) is 11.8 Å². The van der Waals surface area contributed by atoms with Gasteiger partial charge in [0, 0.05) is 5.38 Å². The predicted octanol–water partition coefficient (Wildman–Crippen LogP) is 1.90. The molecule has 0 saturated carbocycles. The van der Waals surface area contributed by atoms with Crippen molar-refractivity contribution >= 4 is 11.5 Å². The molecule has 1 aromatic heterocycles. The number of aliphatic hydroxyl groups is 1. The summed E-state index contributed by atoms with van der Waals surface area (Å²) in [6.45, 7) is 0. The average molecular weight is 228 g/mol. The summed E-state index contributed by atoms with van der Waals surface area (Å²) >= 11 is 1.08. The van der Waals surface area contributed by atoms with Gasteiger partial charge in [0.15, 0.2) is 11.6 Å². The largest absolute Gasteiger partial charge is 0.382 e. The second-order valence-corrected chi connectivity index (χ2v) is 3.52. The highest BCUT2D eigenvalue weighted by molar-refractivity contribution is 7.03. The van der Waals surface area contributed by atoms with Crippen molar-refractivity contribution in [1.82, 2.24) is 9.59 Å². The van der Waals surface area contributed by atoms with E-state index in [2.05, 4.69) is 9.59 Å². The summed E-state index contributed by atoms with van der Waals surface area (Å²) in [5, 5.41) is 14.9. The molecule has 1 N–H and O–H groups in total. The molecule has 0 fully saturated rings. The first kappa shape index (κ1) is 10.1. The van der Waals surface area contributed by atoms with E-state index in [0.717, 1.165) is 23.7 Å². The van der Waals surface area contributed by atoms with Gasteiger partial charge in [0.2, 0.25) is 0 Å². The van der Waals surface area contributed by atoms with E-state index < -0.39 is 17.7 Å². The third-order valence-corrected chi connectivity index (χ3v) is 2.44. The van der Waals surface area contributed by atoms with Crippen molar-refractivity contribution in [2.24, 2.45) is 0 Å². The monoisotopic (exact) mass is 228 g/mol. The summed E-state index contributed by atoms with van der Waals surface area (Å²) in [5.74, 6) is -1.93. The number of rotatable bonds is 2. The van der Waals surface area contributed by atoms with E-state index in [1.807, 2.05) is 0 Å². The van der Waals surface area contributed by atoms with Gasteiger partial charge in [0.05, 0.1) is 0 Å². The Kier molecular flexibility index (Phi) is 2.70. The lowest BCUT2D eigenvalue weighted by Crippen LogP contribution is -2.01. The number of hydrogen-bond donors (Lipinski definition) is 1. The molecule has 1 unspecified atom stereocenters. The van der Waals surface area contributed by atoms with Crippen LogP contribution in [0.5, 0.6) is 0 Å². The number of aliphatic hydroxyl groups excluding tert-OH is 1. The maximum Gasteiger partial charge on any atom is 0.159 e. The van der Waals surface area contributed by atoms with E-state index in [-0.39, 0.29) is 5.56 Å². The zero-order valence-corrected chi connectivity index (χ0v) is 8.21. The molecular weight excluding hydrogens is 222 g/mol. The Hall–Kier alpha value is -1.40. The van der Waals surface area contributed by atoms with Gasteiger partial charge in [-0.25, -0.2) is 8.78 Å². The molecule has 0 radical (unpaired) electrons. The molecule has 0 aliphatic carbocycles. The highest BCUT2D eigenvalue weighted by Crippen LogP contribution is 2.22. The topological polar surface area (TPSA) is 46.0 Å². The predicted molar refractivity (Wildman–Crippen MR) is 50.3 cm³/mol. The van der Waals surface area contributed by atoms with Crippen molar-refractivity contribution in [3.8, 4) is 0 Å². The molecule has 0 spiro atoms. The van der Waals surface area contributed by atoms with Gasteiger partial charge in [-0.05, 0) is 29.2 Å². The van der Waals surface area contributed by atoms with Crippen molar-refractivity contribution < 1.29 is 13.9 Å². The van der Waals surface area contributed by atoms with Crippen molar-refractivity contribution in [2.75, 3.05) is 0 Å². The van der Waals surface area contributed by atoms with Gasteiger partial charge in [-0.15, -0.1) is 5.10 Å². The molecule has 6 heteroatoms. The molecule has 0 aliphatic heterocycles. The minimum atomic E-state index is -1.07. The lowest BCUT2D eigenvalue weighted by Gasteiger charge is -2.07. The van der Waals surface area contributed by atoms with Gasteiger partial charge in [-0.3, -0.25) is 0 Å². The van der Waals surface area contributed by atoms with E-state index in [4.69, 9.17) is 0 Å². The zero-order chi connectivity index (χ0) is 10.8. The second-order valence-electron chi connectivity index (χ2n) is 2.91. The van der Waals surface area contributed by atoms with Gasteiger partial charge in [-0.1, -0.05) is 10.6 Å². The third-order valence-electron chi connectivity index (χ3n) is 1.92. The zero-order valence-electron chi connectivity index (χ0n) is 7.39. The van der Waals surface area contributed by atoms with Crippen molar-refractivity contribution in [1.29, 1.82) is 0 Å². The van der Waals surface area contributed by atoms with Crippen LogP contribution in [0.1, 0.15) is 17.4 Å². The van der Waals surface area contributed by atoms with E-state index in [1.165, 1.54) is 6.07 Å². The maximum absolute atomic E-state index is 12.9. The standard InChI is InChI=1S/C9H6F2N2OS/c10-6-2-1-5(3-7(6)11)9(14)8-4-15-13-12-8/h1-4,9,14H. The number of halogens is 2. The summed E-state index contributed by atoms with van der Waals surface area (Å²) in [6.07, 6.45) is -1.07. The molecule has 0 aliphatic rings. The summed E-state index contributed by atoms with van der Waals surface area (Å²) in [6, 6.07) is 3.22. The van der Waals surface area contributed by atoms with Crippen LogP contribution in [-0.4, -0.2) is 14.7 Å². The molecule has 0 bridgehead atoms. The van der Waals surface area contributed by atoms with Gasteiger partial charge in [0.25, 0.3) is 0 Å². The molecule has 1 heterocycles. The SMILES string of the molecule is OC(c1ccc(F)c(F)c1)c1csnn1. The molecule has 1 aromatic carbocycles. The number of aromatic nitrogens is 2. The maximum atomic E-state index is 12.9. The Labute approximate surface area is 88.2 Å². The molecule has 15 heavy (non-hydrogen) atoms. The summed E-state index contributed by atoms with van der Waals surface area (Å²) in [4.78, 5) is 0. The first-order valence-corrected chi connectivity index (χ1v) is 4.92. The van der Waals surface area contributed by atoms with Crippen LogP contribution < -0.4 is 0 Å². The highest BCUT2D eigenvalue weighted by Gasteiger charge is 2.15. The molecule has 0 amide bonds. The normalized spacial score (nSPS) is 12.7. The first-order chi connectivity index (χ1) is 7.18. The van der Waals surface area contributed by atoms with Gasteiger partial charge >= 0.3 is 0 Å². The van der Waals surface area contributed by atoms with E-state index in [1.54, 1.807) is 5.38 Å². The minimum Gasteiger partial charge on any atom is -0.382 e. The van der Waals surface area contributed by atoms with Crippen molar-refractivity contribution in [3.05, 3.63) is 46.5 Å². The highest BCUT2D eigenvalue weighted by atomic mass is 32.1. The number of nitrogens with zero attached hydrogens (tertiary/aromatic N) is 2. The fourth-order valence-corrected chi connectivity index (χ4v) is 1.62. The Bertz CT molecular complexity index is 461. The minimum absolute atomic E-state index is 0.251. The summed E-state index contributed by atoms with van der Waals surface area (Å²) in [7, 11) is 0. The average Bonchev–Trinajstić information content (AvgIpc) is 2.74. The fraction of sp³-hybridized carbons (Fsp3) is 0.111. The van der Waals surface area contributed by atoms with Crippen LogP contribution in [0, 0.1) is 11.6 Å².